The van der Waals surface area contributed by atoms with E-state index in [4.69, 9.17) is 9.15 Å². The summed E-state index contributed by atoms with van der Waals surface area (Å²) in [7, 11) is 0. The lowest BCUT2D eigenvalue weighted by molar-refractivity contribution is -0.125. The molecule has 3 heterocycles. The first kappa shape index (κ1) is 13.6. The van der Waals surface area contributed by atoms with Crippen molar-refractivity contribution in [1.82, 2.24) is 10.2 Å². The van der Waals surface area contributed by atoms with E-state index in [1.807, 2.05) is 0 Å². The van der Waals surface area contributed by atoms with Crippen molar-refractivity contribution in [3.05, 3.63) is 23.7 Å². The van der Waals surface area contributed by atoms with Gasteiger partial charge in [-0.3, -0.25) is 9.69 Å². The highest BCUT2D eigenvalue weighted by atomic mass is 16.5. The number of furan rings is 1. The van der Waals surface area contributed by atoms with E-state index >= 15 is 0 Å². The minimum absolute atomic E-state index is 0.0624. The third kappa shape index (κ3) is 3.04. The Bertz CT molecular complexity index is 471. The van der Waals surface area contributed by atoms with Crippen LogP contribution in [0.5, 0.6) is 0 Å². The number of nitrogens with zero attached hydrogens (tertiary/aromatic N) is 1. The monoisotopic (exact) mass is 278 g/mol. The number of rotatable bonds is 4. The zero-order valence-corrected chi connectivity index (χ0v) is 11.9. The average Bonchev–Trinajstić information content (AvgIpc) is 2.67. The van der Waals surface area contributed by atoms with E-state index in [1.165, 1.54) is 0 Å². The molecule has 3 rings (SSSR count). The Hall–Kier alpha value is -1.33. The number of carbonyl (C=O) groups excluding carboxylic acids is 1. The van der Waals surface area contributed by atoms with E-state index < -0.39 is 0 Å². The molecule has 20 heavy (non-hydrogen) atoms. The standard InChI is InChI=1S/C15H22N2O3/c1-2-3-13-4-5-14(20-13)8-17-6-11-9-19-10-12(7-17)16-15(11)18/h4-5,11-12H,2-3,6-10H2,1H3,(H,16,18)/t11-,12+/m1/s1. The van der Waals surface area contributed by atoms with Crippen LogP contribution >= 0.6 is 0 Å². The summed E-state index contributed by atoms with van der Waals surface area (Å²) in [6.45, 7) is 5.62. The fourth-order valence-electron chi connectivity index (χ4n) is 2.96. The molecule has 2 aliphatic heterocycles. The molecule has 1 N–H and O–H groups in total. The van der Waals surface area contributed by atoms with Gasteiger partial charge in [-0.25, -0.2) is 0 Å². The summed E-state index contributed by atoms with van der Waals surface area (Å²) in [5.41, 5.74) is 0. The van der Waals surface area contributed by atoms with Gasteiger partial charge in [-0.1, -0.05) is 6.92 Å². The molecule has 2 aliphatic rings. The summed E-state index contributed by atoms with van der Waals surface area (Å²) in [6, 6.07) is 4.21. The second kappa shape index (κ2) is 5.97. The van der Waals surface area contributed by atoms with Crippen molar-refractivity contribution in [3.63, 3.8) is 0 Å². The van der Waals surface area contributed by atoms with Gasteiger partial charge in [0, 0.05) is 19.5 Å². The minimum Gasteiger partial charge on any atom is -0.465 e. The Kier molecular flexibility index (Phi) is 4.08. The van der Waals surface area contributed by atoms with Crippen LogP contribution in [0, 0.1) is 5.92 Å². The van der Waals surface area contributed by atoms with Crippen LogP contribution in [0.1, 0.15) is 24.9 Å². The second-order valence-corrected chi connectivity index (χ2v) is 5.75. The van der Waals surface area contributed by atoms with Crippen LogP contribution in [0.3, 0.4) is 0 Å². The number of ether oxygens (including phenoxy) is 1. The van der Waals surface area contributed by atoms with Crippen molar-refractivity contribution in [2.45, 2.75) is 32.4 Å². The molecule has 0 saturated carbocycles. The normalized spacial score (nSPS) is 27.1. The van der Waals surface area contributed by atoms with E-state index in [-0.39, 0.29) is 17.9 Å². The molecule has 5 heteroatoms. The summed E-state index contributed by atoms with van der Waals surface area (Å²) in [4.78, 5) is 14.2. The van der Waals surface area contributed by atoms with E-state index in [0.29, 0.717) is 13.2 Å². The Morgan fingerprint density at radius 3 is 3.00 bits per heavy atom. The molecule has 1 amide bonds. The molecule has 2 atom stereocenters. The van der Waals surface area contributed by atoms with Crippen LogP contribution in [0.15, 0.2) is 16.5 Å². The lowest BCUT2D eigenvalue weighted by atomic mass is 10.1. The molecular weight excluding hydrogens is 256 g/mol. The molecule has 110 valence electrons. The molecule has 0 aromatic carbocycles. The van der Waals surface area contributed by atoms with Gasteiger partial charge in [-0.05, 0) is 18.6 Å². The smallest absolute Gasteiger partial charge is 0.227 e. The predicted octanol–water partition coefficient (Wildman–Crippen LogP) is 1.18. The van der Waals surface area contributed by atoms with Gasteiger partial charge < -0.3 is 14.5 Å². The maximum Gasteiger partial charge on any atom is 0.227 e. The largest absolute Gasteiger partial charge is 0.465 e. The van der Waals surface area contributed by atoms with Crippen LogP contribution in [-0.4, -0.2) is 43.2 Å². The van der Waals surface area contributed by atoms with Gasteiger partial charge in [0.25, 0.3) is 0 Å². The van der Waals surface area contributed by atoms with E-state index in [9.17, 15) is 4.79 Å². The van der Waals surface area contributed by atoms with Gasteiger partial charge in [0.15, 0.2) is 0 Å². The topological polar surface area (TPSA) is 54.7 Å². The molecular formula is C15H22N2O3. The summed E-state index contributed by atoms with van der Waals surface area (Å²) < 4.78 is 11.4. The highest BCUT2D eigenvalue weighted by Gasteiger charge is 2.33. The van der Waals surface area contributed by atoms with Crippen molar-refractivity contribution >= 4 is 5.91 Å². The first-order chi connectivity index (χ1) is 9.74. The van der Waals surface area contributed by atoms with Gasteiger partial charge >= 0.3 is 0 Å². The number of aryl methyl sites for hydroxylation is 1. The Balaban J connectivity index is 1.66. The van der Waals surface area contributed by atoms with Crippen LogP contribution in [0.2, 0.25) is 0 Å². The number of amides is 1. The molecule has 2 bridgehead atoms. The van der Waals surface area contributed by atoms with Gasteiger partial charge in [-0.2, -0.15) is 0 Å². The van der Waals surface area contributed by atoms with Crippen LogP contribution in [0.4, 0.5) is 0 Å². The third-order valence-corrected chi connectivity index (χ3v) is 3.91. The summed E-state index contributed by atoms with van der Waals surface area (Å²) in [5, 5.41) is 3.05. The van der Waals surface area contributed by atoms with Crippen LogP contribution < -0.4 is 5.32 Å². The summed E-state index contributed by atoms with van der Waals surface area (Å²) >= 11 is 0. The molecule has 5 nitrogen and oxygen atoms in total. The van der Waals surface area contributed by atoms with Crippen molar-refractivity contribution < 1.29 is 13.9 Å². The number of nitrogens with one attached hydrogen (secondary N) is 1. The fraction of sp³-hybridized carbons (Fsp3) is 0.667. The fourth-order valence-corrected chi connectivity index (χ4v) is 2.96. The SMILES string of the molecule is CCCc1ccc(CN2C[C@H]3COC[C@@H](C2)C(=O)N3)o1. The quantitative estimate of drug-likeness (QED) is 0.898. The van der Waals surface area contributed by atoms with Crippen molar-refractivity contribution in [1.29, 1.82) is 0 Å². The first-order valence-corrected chi connectivity index (χ1v) is 7.42. The Morgan fingerprint density at radius 2 is 2.15 bits per heavy atom. The third-order valence-electron chi connectivity index (χ3n) is 3.91. The van der Waals surface area contributed by atoms with E-state index in [2.05, 4.69) is 29.3 Å². The number of hydrogen-bond acceptors (Lipinski definition) is 4. The average molecular weight is 278 g/mol. The van der Waals surface area contributed by atoms with Gasteiger partial charge in [0.1, 0.15) is 11.5 Å². The molecule has 0 radical (unpaired) electrons. The van der Waals surface area contributed by atoms with Crippen LogP contribution in [-0.2, 0) is 22.5 Å². The summed E-state index contributed by atoms with van der Waals surface area (Å²) in [5.74, 6) is 2.10. The zero-order chi connectivity index (χ0) is 13.9. The number of carbonyl (C=O) groups is 1. The first-order valence-electron chi connectivity index (χ1n) is 7.42. The zero-order valence-electron chi connectivity index (χ0n) is 11.9. The van der Waals surface area contributed by atoms with E-state index in [1.54, 1.807) is 0 Å². The van der Waals surface area contributed by atoms with Crippen molar-refractivity contribution in [2.24, 2.45) is 5.92 Å². The minimum atomic E-state index is -0.0624. The molecule has 1 aromatic rings. The molecule has 2 saturated heterocycles. The second-order valence-electron chi connectivity index (χ2n) is 5.75. The number of fused-ring (bicyclic) bond motifs is 3. The van der Waals surface area contributed by atoms with Gasteiger partial charge in [-0.15, -0.1) is 0 Å². The maximum atomic E-state index is 11.9. The molecule has 0 unspecified atom stereocenters. The highest BCUT2D eigenvalue weighted by molar-refractivity contribution is 5.79. The molecule has 0 spiro atoms. The lowest BCUT2D eigenvalue weighted by Gasteiger charge is -2.26. The molecule has 1 aromatic heterocycles. The molecule has 2 fully saturated rings. The lowest BCUT2D eigenvalue weighted by Crippen LogP contribution is -2.41. The highest BCUT2D eigenvalue weighted by Crippen LogP contribution is 2.18. The molecule has 0 aliphatic carbocycles. The van der Waals surface area contributed by atoms with Crippen LogP contribution in [0.25, 0.3) is 0 Å². The van der Waals surface area contributed by atoms with Gasteiger partial charge in [0.2, 0.25) is 5.91 Å². The predicted molar refractivity (Wildman–Crippen MR) is 74.2 cm³/mol. The van der Waals surface area contributed by atoms with Crippen molar-refractivity contribution in [2.75, 3.05) is 26.3 Å². The van der Waals surface area contributed by atoms with Crippen molar-refractivity contribution in [3.8, 4) is 0 Å². The van der Waals surface area contributed by atoms with Gasteiger partial charge in [0.05, 0.1) is 31.7 Å². The summed E-state index contributed by atoms with van der Waals surface area (Å²) in [6.07, 6.45) is 2.08. The Labute approximate surface area is 119 Å². The number of hydrogen-bond donors (Lipinski definition) is 1. The van der Waals surface area contributed by atoms with E-state index in [0.717, 1.165) is 44.0 Å². The Morgan fingerprint density at radius 1 is 1.30 bits per heavy atom. The maximum absolute atomic E-state index is 11.9.